The third-order valence-corrected chi connectivity index (χ3v) is 2.83. The predicted octanol–water partition coefficient (Wildman–Crippen LogP) is 2.58. The maximum atomic E-state index is 10.5. The number of fused-ring (bicyclic) bond motifs is 1. The van der Waals surface area contributed by atoms with E-state index in [4.69, 9.17) is 5.11 Å². The third kappa shape index (κ3) is 2.82. The summed E-state index contributed by atoms with van der Waals surface area (Å²) in [7, 11) is 0. The van der Waals surface area contributed by atoms with Crippen molar-refractivity contribution in [1.82, 2.24) is 5.32 Å². The number of hydrogen-bond acceptors (Lipinski definition) is 2. The Bertz CT molecular complexity index is 536. The van der Waals surface area contributed by atoms with Crippen LogP contribution in [0.15, 0.2) is 42.5 Å². The second kappa shape index (κ2) is 4.97. The molecule has 0 fully saturated rings. The molecular weight excluding hydrogens is 214 g/mol. The van der Waals surface area contributed by atoms with Gasteiger partial charge in [0.15, 0.2) is 0 Å². The van der Waals surface area contributed by atoms with Gasteiger partial charge in [-0.05, 0) is 29.3 Å². The molecule has 2 aromatic carbocycles. The Labute approximate surface area is 100 Å². The Hall–Kier alpha value is -1.87. The SMILES string of the molecule is CC(NCC(=O)O)c1ccc2ccccc2c1. The average molecular weight is 229 g/mol. The Kier molecular flexibility index (Phi) is 3.40. The zero-order valence-electron chi connectivity index (χ0n) is 9.68. The van der Waals surface area contributed by atoms with E-state index >= 15 is 0 Å². The summed E-state index contributed by atoms with van der Waals surface area (Å²) < 4.78 is 0. The molecule has 0 bridgehead atoms. The summed E-state index contributed by atoms with van der Waals surface area (Å²) in [6.45, 7) is 1.95. The molecule has 0 radical (unpaired) electrons. The molecule has 2 aromatic rings. The minimum Gasteiger partial charge on any atom is -0.480 e. The second-order valence-corrected chi connectivity index (χ2v) is 4.10. The van der Waals surface area contributed by atoms with Gasteiger partial charge in [0.2, 0.25) is 0 Å². The molecular formula is C14H15NO2. The molecule has 1 unspecified atom stereocenters. The van der Waals surface area contributed by atoms with E-state index < -0.39 is 5.97 Å². The fraction of sp³-hybridized carbons (Fsp3) is 0.214. The van der Waals surface area contributed by atoms with Crippen LogP contribution >= 0.6 is 0 Å². The smallest absolute Gasteiger partial charge is 0.317 e. The minimum atomic E-state index is -0.836. The molecule has 0 heterocycles. The van der Waals surface area contributed by atoms with Gasteiger partial charge < -0.3 is 10.4 Å². The summed E-state index contributed by atoms with van der Waals surface area (Å²) >= 11 is 0. The standard InChI is InChI=1S/C14H15NO2/c1-10(15-9-14(16)17)12-7-6-11-4-2-3-5-13(11)8-12/h2-8,10,15H,9H2,1H3,(H,16,17). The molecule has 0 saturated carbocycles. The fourth-order valence-electron chi connectivity index (χ4n) is 1.84. The van der Waals surface area contributed by atoms with Crippen molar-refractivity contribution < 1.29 is 9.90 Å². The Morgan fingerprint density at radius 1 is 1.24 bits per heavy atom. The first-order chi connectivity index (χ1) is 8.16. The normalized spacial score (nSPS) is 12.5. The van der Waals surface area contributed by atoms with Crippen molar-refractivity contribution in [2.24, 2.45) is 0 Å². The molecule has 0 aliphatic rings. The first kappa shape index (κ1) is 11.6. The maximum absolute atomic E-state index is 10.5. The number of nitrogens with one attached hydrogen (secondary N) is 1. The number of carbonyl (C=O) groups is 1. The lowest BCUT2D eigenvalue weighted by atomic mass is 10.0. The van der Waals surface area contributed by atoms with E-state index in [9.17, 15) is 4.79 Å². The third-order valence-electron chi connectivity index (χ3n) is 2.83. The van der Waals surface area contributed by atoms with Crippen LogP contribution in [-0.4, -0.2) is 17.6 Å². The summed E-state index contributed by atoms with van der Waals surface area (Å²) in [6, 6.07) is 14.4. The Balaban J connectivity index is 2.20. The average Bonchev–Trinajstić information content (AvgIpc) is 2.35. The van der Waals surface area contributed by atoms with Crippen molar-refractivity contribution in [2.45, 2.75) is 13.0 Å². The first-order valence-corrected chi connectivity index (χ1v) is 5.60. The molecule has 0 saturated heterocycles. The predicted molar refractivity (Wildman–Crippen MR) is 68.0 cm³/mol. The van der Waals surface area contributed by atoms with Crippen LogP contribution in [0.4, 0.5) is 0 Å². The van der Waals surface area contributed by atoms with Gasteiger partial charge >= 0.3 is 5.97 Å². The highest BCUT2D eigenvalue weighted by molar-refractivity contribution is 5.83. The molecule has 0 aliphatic heterocycles. The summed E-state index contributed by atoms with van der Waals surface area (Å²) in [6.07, 6.45) is 0. The molecule has 88 valence electrons. The van der Waals surface area contributed by atoms with Gasteiger partial charge in [0.1, 0.15) is 0 Å². The molecule has 0 aromatic heterocycles. The van der Waals surface area contributed by atoms with Crippen LogP contribution in [0.2, 0.25) is 0 Å². The summed E-state index contributed by atoms with van der Waals surface area (Å²) in [4.78, 5) is 10.5. The van der Waals surface area contributed by atoms with Crippen LogP contribution in [0, 0.1) is 0 Å². The van der Waals surface area contributed by atoms with Gasteiger partial charge in [0.05, 0.1) is 6.54 Å². The first-order valence-electron chi connectivity index (χ1n) is 5.60. The highest BCUT2D eigenvalue weighted by Crippen LogP contribution is 2.19. The monoisotopic (exact) mass is 229 g/mol. The van der Waals surface area contributed by atoms with Crippen LogP contribution in [-0.2, 0) is 4.79 Å². The van der Waals surface area contributed by atoms with Gasteiger partial charge in [-0.15, -0.1) is 0 Å². The lowest BCUT2D eigenvalue weighted by molar-refractivity contribution is -0.136. The van der Waals surface area contributed by atoms with Crippen molar-refractivity contribution in [3.8, 4) is 0 Å². The topological polar surface area (TPSA) is 49.3 Å². The van der Waals surface area contributed by atoms with Gasteiger partial charge in [0, 0.05) is 6.04 Å². The van der Waals surface area contributed by atoms with E-state index in [-0.39, 0.29) is 12.6 Å². The second-order valence-electron chi connectivity index (χ2n) is 4.10. The summed E-state index contributed by atoms with van der Waals surface area (Å²) in [5.74, 6) is -0.836. The summed E-state index contributed by atoms with van der Waals surface area (Å²) in [5, 5.41) is 14.0. The molecule has 3 heteroatoms. The number of benzene rings is 2. The molecule has 3 nitrogen and oxygen atoms in total. The molecule has 0 amide bonds. The number of carboxylic acid groups (broad SMARTS) is 1. The Morgan fingerprint density at radius 2 is 1.94 bits per heavy atom. The highest BCUT2D eigenvalue weighted by Gasteiger charge is 2.07. The number of hydrogen-bond donors (Lipinski definition) is 2. The lowest BCUT2D eigenvalue weighted by Gasteiger charge is -2.13. The zero-order valence-corrected chi connectivity index (χ0v) is 9.68. The number of rotatable bonds is 4. The molecule has 0 spiro atoms. The van der Waals surface area contributed by atoms with E-state index in [0.29, 0.717) is 0 Å². The number of aliphatic carboxylic acids is 1. The van der Waals surface area contributed by atoms with Crippen LogP contribution in [0.1, 0.15) is 18.5 Å². The fourth-order valence-corrected chi connectivity index (χ4v) is 1.84. The van der Waals surface area contributed by atoms with Gasteiger partial charge in [-0.3, -0.25) is 4.79 Å². The zero-order chi connectivity index (χ0) is 12.3. The molecule has 2 rings (SSSR count). The van der Waals surface area contributed by atoms with Crippen LogP contribution < -0.4 is 5.32 Å². The van der Waals surface area contributed by atoms with Crippen molar-refractivity contribution in [1.29, 1.82) is 0 Å². The largest absolute Gasteiger partial charge is 0.480 e. The molecule has 0 aliphatic carbocycles. The van der Waals surface area contributed by atoms with Gasteiger partial charge in [-0.25, -0.2) is 0 Å². The van der Waals surface area contributed by atoms with Crippen molar-refractivity contribution >= 4 is 16.7 Å². The molecule has 17 heavy (non-hydrogen) atoms. The van der Waals surface area contributed by atoms with Gasteiger partial charge in [0.25, 0.3) is 0 Å². The maximum Gasteiger partial charge on any atom is 0.317 e. The summed E-state index contributed by atoms with van der Waals surface area (Å²) in [5.41, 5.74) is 1.10. The Morgan fingerprint density at radius 3 is 2.65 bits per heavy atom. The van der Waals surface area contributed by atoms with Crippen LogP contribution in [0.25, 0.3) is 10.8 Å². The van der Waals surface area contributed by atoms with Crippen molar-refractivity contribution in [3.63, 3.8) is 0 Å². The van der Waals surface area contributed by atoms with Crippen molar-refractivity contribution in [3.05, 3.63) is 48.0 Å². The van der Waals surface area contributed by atoms with E-state index in [1.807, 2.05) is 25.1 Å². The van der Waals surface area contributed by atoms with E-state index in [1.165, 1.54) is 10.8 Å². The van der Waals surface area contributed by atoms with Gasteiger partial charge in [-0.1, -0.05) is 36.4 Å². The molecule has 2 N–H and O–H groups in total. The minimum absolute atomic E-state index is 0.0198. The lowest BCUT2D eigenvalue weighted by Crippen LogP contribution is -2.25. The van der Waals surface area contributed by atoms with Crippen molar-refractivity contribution in [2.75, 3.05) is 6.54 Å². The molecule has 1 atom stereocenters. The van der Waals surface area contributed by atoms with E-state index in [1.54, 1.807) is 0 Å². The van der Waals surface area contributed by atoms with Gasteiger partial charge in [-0.2, -0.15) is 0 Å². The van der Waals surface area contributed by atoms with E-state index in [0.717, 1.165) is 5.56 Å². The van der Waals surface area contributed by atoms with Crippen LogP contribution in [0.5, 0.6) is 0 Å². The van der Waals surface area contributed by atoms with Crippen LogP contribution in [0.3, 0.4) is 0 Å². The number of carboxylic acids is 1. The quantitative estimate of drug-likeness (QED) is 0.847. The van der Waals surface area contributed by atoms with E-state index in [2.05, 4.69) is 29.6 Å². The highest BCUT2D eigenvalue weighted by atomic mass is 16.4.